The lowest BCUT2D eigenvalue weighted by Gasteiger charge is -2.28. The Bertz CT molecular complexity index is 729. The number of nitrogens with zero attached hydrogens (tertiary/aromatic N) is 1. The minimum atomic E-state index is -0.784. The zero-order chi connectivity index (χ0) is 20.2. The number of benzene rings is 1. The largest absolute Gasteiger partial charge is 0.490 e. The number of fused-ring (bicyclic) bond motifs is 1. The average Bonchev–Trinajstić information content (AvgIpc) is 2.55. The topological polar surface area (TPSA) is 84.9 Å². The van der Waals surface area contributed by atoms with Gasteiger partial charge in [0.05, 0.1) is 5.56 Å². The first-order valence-electron chi connectivity index (χ1n) is 8.84. The van der Waals surface area contributed by atoms with Crippen LogP contribution in [0.3, 0.4) is 0 Å². The van der Waals surface area contributed by atoms with E-state index in [9.17, 15) is 14.4 Å². The number of nitrogens with one attached hydrogen (secondary N) is 1. The van der Waals surface area contributed by atoms with Crippen LogP contribution >= 0.6 is 15.9 Å². The van der Waals surface area contributed by atoms with E-state index >= 15 is 0 Å². The van der Waals surface area contributed by atoms with E-state index in [-0.39, 0.29) is 18.9 Å². The van der Waals surface area contributed by atoms with Gasteiger partial charge in [0.2, 0.25) is 5.91 Å². The lowest BCUT2D eigenvalue weighted by molar-refractivity contribution is -0.123. The maximum atomic E-state index is 12.6. The minimum Gasteiger partial charge on any atom is -0.490 e. The first-order chi connectivity index (χ1) is 12.6. The van der Waals surface area contributed by atoms with Crippen LogP contribution in [0.2, 0.25) is 0 Å². The van der Waals surface area contributed by atoms with Crippen LogP contribution in [0.1, 0.15) is 44.5 Å². The van der Waals surface area contributed by atoms with E-state index in [0.29, 0.717) is 24.3 Å². The summed E-state index contributed by atoms with van der Waals surface area (Å²) in [5, 5.41) is 2.66. The van der Waals surface area contributed by atoms with Crippen molar-refractivity contribution in [2.45, 2.75) is 45.8 Å². The number of carbonyl (C=O) groups excluding carboxylic acids is 3. The van der Waals surface area contributed by atoms with Crippen LogP contribution in [-0.2, 0) is 9.53 Å². The number of ether oxygens (including phenoxy) is 2. The van der Waals surface area contributed by atoms with Gasteiger partial charge >= 0.3 is 6.09 Å². The van der Waals surface area contributed by atoms with E-state index in [1.165, 1.54) is 4.90 Å². The fourth-order valence-electron chi connectivity index (χ4n) is 2.61. The van der Waals surface area contributed by atoms with Crippen LogP contribution in [0.5, 0.6) is 5.75 Å². The highest BCUT2D eigenvalue weighted by molar-refractivity contribution is 9.10. The zero-order valence-electron chi connectivity index (χ0n) is 16.0. The average molecular weight is 441 g/mol. The molecule has 0 aliphatic carbocycles. The number of rotatable bonds is 5. The van der Waals surface area contributed by atoms with Gasteiger partial charge in [-0.25, -0.2) is 4.79 Å². The molecule has 1 N–H and O–H groups in total. The van der Waals surface area contributed by atoms with Crippen molar-refractivity contribution in [1.29, 1.82) is 0 Å². The van der Waals surface area contributed by atoms with E-state index in [1.54, 1.807) is 39.0 Å². The van der Waals surface area contributed by atoms with Crippen LogP contribution in [0.15, 0.2) is 22.7 Å². The first-order valence-corrected chi connectivity index (χ1v) is 9.64. The van der Waals surface area contributed by atoms with Crippen molar-refractivity contribution in [2.24, 2.45) is 0 Å². The smallest absolute Gasteiger partial charge is 0.410 e. The number of carbonyl (C=O) groups is 3. The highest BCUT2D eigenvalue weighted by atomic mass is 79.9. The molecule has 1 aromatic rings. The first kappa shape index (κ1) is 21.2. The van der Waals surface area contributed by atoms with E-state index < -0.39 is 23.6 Å². The highest BCUT2D eigenvalue weighted by Crippen LogP contribution is 2.28. The van der Waals surface area contributed by atoms with Crippen LogP contribution in [0.4, 0.5) is 4.79 Å². The third-order valence-electron chi connectivity index (χ3n) is 3.75. The van der Waals surface area contributed by atoms with E-state index in [2.05, 4.69) is 21.2 Å². The third-order valence-corrected chi connectivity index (χ3v) is 4.24. The molecule has 2 amide bonds. The van der Waals surface area contributed by atoms with Crippen molar-refractivity contribution in [2.75, 3.05) is 19.7 Å². The fourth-order valence-corrected chi connectivity index (χ4v) is 2.95. The Labute approximate surface area is 167 Å². The highest BCUT2D eigenvalue weighted by Gasteiger charge is 2.31. The second-order valence-corrected chi connectivity index (χ2v) is 8.25. The van der Waals surface area contributed by atoms with Crippen molar-refractivity contribution >= 4 is 33.7 Å². The molecule has 27 heavy (non-hydrogen) atoms. The Hall–Kier alpha value is -2.09. The molecule has 2 rings (SSSR count). The molecule has 0 spiro atoms. The van der Waals surface area contributed by atoms with Gasteiger partial charge in [0, 0.05) is 11.0 Å². The zero-order valence-corrected chi connectivity index (χ0v) is 17.6. The van der Waals surface area contributed by atoms with Gasteiger partial charge in [-0.1, -0.05) is 22.9 Å². The summed E-state index contributed by atoms with van der Waals surface area (Å²) in [6, 6.07) is 4.34. The van der Waals surface area contributed by atoms with Gasteiger partial charge < -0.3 is 14.8 Å². The summed E-state index contributed by atoms with van der Waals surface area (Å²) in [7, 11) is 0. The lowest BCUT2D eigenvalue weighted by Crippen LogP contribution is -2.51. The number of amides is 2. The molecule has 0 bridgehead atoms. The van der Waals surface area contributed by atoms with Gasteiger partial charge in [-0.2, -0.15) is 0 Å². The van der Waals surface area contributed by atoms with Crippen molar-refractivity contribution in [3.05, 3.63) is 28.2 Å². The number of hydrogen-bond donors (Lipinski definition) is 1. The molecular weight excluding hydrogens is 416 g/mol. The van der Waals surface area contributed by atoms with Crippen molar-refractivity contribution < 1.29 is 23.9 Å². The molecule has 0 saturated carbocycles. The Balaban J connectivity index is 2.00. The summed E-state index contributed by atoms with van der Waals surface area (Å²) in [6.45, 7) is 7.46. The summed E-state index contributed by atoms with van der Waals surface area (Å²) in [5.74, 6) is -0.158. The fraction of sp³-hybridized carbons (Fsp3) is 0.526. The molecule has 1 unspecified atom stereocenters. The standard InChI is InChI=1S/C19H25BrN2O5/c1-5-8-22(18(25)27-19(2,3)4)10-16(23)21-14-11-26-15-9-12(20)6-7-13(15)17(14)24/h6-7,9,14H,5,8,10-11H2,1-4H3,(H,21,23). The van der Waals surface area contributed by atoms with E-state index in [0.717, 1.165) is 4.47 Å². The second-order valence-electron chi connectivity index (χ2n) is 7.34. The normalized spacial score (nSPS) is 16.2. The van der Waals surface area contributed by atoms with Crippen LogP contribution < -0.4 is 10.1 Å². The Morgan fingerprint density at radius 1 is 1.37 bits per heavy atom. The molecular formula is C19H25BrN2O5. The summed E-state index contributed by atoms with van der Waals surface area (Å²) < 4.78 is 11.7. The van der Waals surface area contributed by atoms with Crippen molar-refractivity contribution in [3.63, 3.8) is 0 Å². The summed E-state index contributed by atoms with van der Waals surface area (Å²) >= 11 is 3.33. The molecule has 0 aromatic heterocycles. The third kappa shape index (κ3) is 5.95. The van der Waals surface area contributed by atoms with Crippen LogP contribution in [0, 0.1) is 0 Å². The molecule has 0 saturated heterocycles. The second kappa shape index (κ2) is 8.73. The molecule has 8 heteroatoms. The molecule has 0 fully saturated rings. The number of halogens is 1. The van der Waals surface area contributed by atoms with E-state index in [1.807, 2.05) is 6.92 Å². The molecule has 1 heterocycles. The maximum absolute atomic E-state index is 12.6. The molecule has 1 atom stereocenters. The van der Waals surface area contributed by atoms with E-state index in [4.69, 9.17) is 9.47 Å². The lowest BCUT2D eigenvalue weighted by atomic mass is 10.0. The van der Waals surface area contributed by atoms with Gasteiger partial charge in [-0.15, -0.1) is 0 Å². The predicted molar refractivity (Wildman–Crippen MR) is 104 cm³/mol. The monoisotopic (exact) mass is 440 g/mol. The molecule has 7 nitrogen and oxygen atoms in total. The summed E-state index contributed by atoms with van der Waals surface area (Å²) in [6.07, 6.45) is 0.126. The SMILES string of the molecule is CCCN(CC(=O)NC1COc2cc(Br)ccc2C1=O)C(=O)OC(C)(C)C. The van der Waals surface area contributed by atoms with Gasteiger partial charge in [-0.3, -0.25) is 14.5 Å². The predicted octanol–water partition coefficient (Wildman–Crippen LogP) is 3.16. The molecule has 1 aliphatic heterocycles. The minimum absolute atomic E-state index is 0.0498. The Morgan fingerprint density at radius 3 is 2.70 bits per heavy atom. The Morgan fingerprint density at radius 2 is 2.07 bits per heavy atom. The van der Waals surface area contributed by atoms with Crippen LogP contribution in [-0.4, -0.2) is 54.0 Å². The van der Waals surface area contributed by atoms with Gasteiger partial charge in [0.15, 0.2) is 5.78 Å². The Kier molecular flexibility index (Phi) is 6.86. The molecule has 0 radical (unpaired) electrons. The summed E-state index contributed by atoms with van der Waals surface area (Å²) in [5.41, 5.74) is -0.225. The van der Waals surface area contributed by atoms with Crippen molar-refractivity contribution in [1.82, 2.24) is 10.2 Å². The number of Topliss-reactive ketones (excluding diaryl/α,β-unsaturated/α-hetero) is 1. The van der Waals surface area contributed by atoms with Gasteiger partial charge in [0.25, 0.3) is 0 Å². The van der Waals surface area contributed by atoms with Gasteiger partial charge in [-0.05, 0) is 45.4 Å². The van der Waals surface area contributed by atoms with Gasteiger partial charge in [0.1, 0.15) is 30.5 Å². The maximum Gasteiger partial charge on any atom is 0.410 e. The molecule has 1 aliphatic rings. The van der Waals surface area contributed by atoms with Crippen LogP contribution in [0.25, 0.3) is 0 Å². The molecule has 148 valence electrons. The number of hydrogen-bond acceptors (Lipinski definition) is 5. The summed E-state index contributed by atoms with van der Waals surface area (Å²) in [4.78, 5) is 38.6. The number of ketones is 1. The molecule has 1 aromatic carbocycles. The quantitative estimate of drug-likeness (QED) is 0.759. The van der Waals surface area contributed by atoms with Crippen molar-refractivity contribution in [3.8, 4) is 5.75 Å².